The number of anilines is 1. The molecule has 0 saturated carbocycles. The molecule has 1 aliphatic rings. The molecule has 7 heteroatoms. The maximum atomic E-state index is 10.6. The molecule has 1 atom stereocenters. The zero-order valence-electron chi connectivity index (χ0n) is 14.9. The number of aromatic nitrogens is 2. The van der Waals surface area contributed by atoms with E-state index in [2.05, 4.69) is 15.5 Å². The molecule has 2 heterocycles. The van der Waals surface area contributed by atoms with E-state index in [4.69, 9.17) is 16.3 Å². The zero-order chi connectivity index (χ0) is 18.8. The van der Waals surface area contributed by atoms with Crippen LogP contribution in [-0.2, 0) is 13.0 Å². The Morgan fingerprint density at radius 3 is 2.81 bits per heavy atom. The topological polar surface area (TPSA) is 73.4 Å². The number of methoxy groups -OCH3 is 1. The monoisotopic (exact) mass is 384 g/mol. The fraction of sp³-hybridized carbons (Fsp3) is 0.250. The van der Waals surface area contributed by atoms with Crippen LogP contribution in [-0.4, -0.2) is 40.2 Å². The van der Waals surface area contributed by atoms with Crippen molar-refractivity contribution >= 4 is 17.3 Å². The van der Waals surface area contributed by atoms with Gasteiger partial charge in [-0.15, -0.1) is 0 Å². The van der Waals surface area contributed by atoms with Gasteiger partial charge < -0.3 is 15.2 Å². The number of nitrogens with zero attached hydrogens (tertiary/aromatic N) is 2. The quantitative estimate of drug-likeness (QED) is 0.587. The average Bonchev–Trinajstić information content (AvgIpc) is 3.11. The first-order valence-electron chi connectivity index (χ1n) is 8.79. The van der Waals surface area contributed by atoms with Crippen molar-refractivity contribution in [2.75, 3.05) is 19.0 Å². The number of aromatic amines is 1. The van der Waals surface area contributed by atoms with E-state index < -0.39 is 6.35 Å². The van der Waals surface area contributed by atoms with Gasteiger partial charge >= 0.3 is 0 Å². The number of aliphatic hydroxyl groups is 1. The highest BCUT2D eigenvalue weighted by Gasteiger charge is 2.26. The highest BCUT2D eigenvalue weighted by molar-refractivity contribution is 6.30. The minimum absolute atomic E-state index is 0.599. The Hall–Kier alpha value is -2.54. The second-order valence-corrected chi connectivity index (χ2v) is 6.94. The molecule has 2 aromatic carbocycles. The lowest BCUT2D eigenvalue weighted by Gasteiger charge is -2.32. The van der Waals surface area contributed by atoms with Crippen LogP contribution in [0.5, 0.6) is 5.75 Å². The third-order valence-electron chi connectivity index (χ3n) is 4.79. The number of fused-ring (bicyclic) bond motifs is 1. The number of halogens is 1. The maximum absolute atomic E-state index is 10.6. The van der Waals surface area contributed by atoms with Gasteiger partial charge in [-0.3, -0.25) is 10.00 Å². The third-order valence-corrected chi connectivity index (χ3v) is 5.03. The van der Waals surface area contributed by atoms with Gasteiger partial charge in [-0.2, -0.15) is 5.10 Å². The Balaban J connectivity index is 1.52. The lowest BCUT2D eigenvalue weighted by atomic mass is 10.0. The fourth-order valence-electron chi connectivity index (χ4n) is 3.33. The van der Waals surface area contributed by atoms with Crippen LogP contribution < -0.4 is 10.1 Å². The van der Waals surface area contributed by atoms with Crippen LogP contribution in [0, 0.1) is 0 Å². The molecular weight excluding hydrogens is 364 g/mol. The van der Waals surface area contributed by atoms with E-state index >= 15 is 0 Å². The van der Waals surface area contributed by atoms with Crippen LogP contribution in [0.4, 0.5) is 5.69 Å². The molecular formula is C20H21ClN4O2. The standard InChI is InChI=1S/C20H21ClN4O2/c1-27-16-7-5-13(6-8-16)19-17-12-25(10-9-18(17)23-24-19)20(26)22-15-4-2-3-14(21)11-15/h2-8,11,20,22,26H,9-10,12H2,1H3,(H,23,24). The van der Waals surface area contributed by atoms with Gasteiger partial charge in [0.1, 0.15) is 5.75 Å². The minimum atomic E-state index is -0.810. The number of hydrogen-bond acceptors (Lipinski definition) is 5. The van der Waals surface area contributed by atoms with E-state index in [1.54, 1.807) is 19.2 Å². The number of H-pyrrole nitrogens is 1. The normalized spacial score (nSPS) is 15.2. The number of ether oxygens (including phenoxy) is 1. The van der Waals surface area contributed by atoms with Crippen LogP contribution in [0.2, 0.25) is 5.02 Å². The molecule has 0 bridgehead atoms. The zero-order valence-corrected chi connectivity index (χ0v) is 15.7. The summed E-state index contributed by atoms with van der Waals surface area (Å²) < 4.78 is 5.23. The Labute approximate surface area is 162 Å². The lowest BCUT2D eigenvalue weighted by Crippen LogP contribution is -2.43. The summed E-state index contributed by atoms with van der Waals surface area (Å²) in [7, 11) is 1.65. The van der Waals surface area contributed by atoms with Gasteiger partial charge in [-0.1, -0.05) is 17.7 Å². The van der Waals surface area contributed by atoms with Crippen molar-refractivity contribution in [2.24, 2.45) is 0 Å². The molecule has 140 valence electrons. The molecule has 0 fully saturated rings. The number of rotatable bonds is 5. The van der Waals surface area contributed by atoms with Crippen LogP contribution in [0.1, 0.15) is 11.3 Å². The van der Waals surface area contributed by atoms with Gasteiger partial charge in [0.25, 0.3) is 0 Å². The van der Waals surface area contributed by atoms with E-state index in [-0.39, 0.29) is 0 Å². The minimum Gasteiger partial charge on any atom is -0.497 e. The van der Waals surface area contributed by atoms with Crippen LogP contribution in [0.15, 0.2) is 48.5 Å². The van der Waals surface area contributed by atoms with Crippen molar-refractivity contribution in [2.45, 2.75) is 19.3 Å². The molecule has 1 aliphatic heterocycles. The Bertz CT molecular complexity index is 926. The van der Waals surface area contributed by atoms with Gasteiger partial charge in [-0.05, 0) is 42.5 Å². The van der Waals surface area contributed by atoms with E-state index in [1.807, 2.05) is 41.3 Å². The molecule has 4 rings (SSSR count). The highest BCUT2D eigenvalue weighted by Crippen LogP contribution is 2.30. The van der Waals surface area contributed by atoms with Crippen molar-refractivity contribution in [1.29, 1.82) is 0 Å². The molecule has 6 nitrogen and oxygen atoms in total. The summed E-state index contributed by atoms with van der Waals surface area (Å²) in [5, 5.41) is 22.0. The molecule has 0 radical (unpaired) electrons. The molecule has 27 heavy (non-hydrogen) atoms. The molecule has 0 spiro atoms. The first-order valence-corrected chi connectivity index (χ1v) is 9.16. The van der Waals surface area contributed by atoms with E-state index in [0.717, 1.165) is 46.9 Å². The highest BCUT2D eigenvalue weighted by atomic mass is 35.5. The SMILES string of the molecule is COc1ccc(-c2n[nH]c3c2CN(C(O)Nc2cccc(Cl)c2)CC3)cc1. The second kappa shape index (κ2) is 7.60. The summed E-state index contributed by atoms with van der Waals surface area (Å²) in [6.45, 7) is 1.33. The average molecular weight is 385 g/mol. The predicted octanol–water partition coefficient (Wildman–Crippen LogP) is 3.48. The molecule has 1 unspecified atom stereocenters. The van der Waals surface area contributed by atoms with Crippen molar-refractivity contribution in [3.8, 4) is 17.0 Å². The Kier molecular flexibility index (Phi) is 5.03. The van der Waals surface area contributed by atoms with E-state index in [0.29, 0.717) is 11.6 Å². The van der Waals surface area contributed by atoms with Crippen LogP contribution in [0.3, 0.4) is 0 Å². The summed E-state index contributed by atoms with van der Waals surface area (Å²) in [6, 6.07) is 15.2. The Morgan fingerprint density at radius 2 is 2.07 bits per heavy atom. The summed E-state index contributed by atoms with van der Waals surface area (Å²) in [5.74, 6) is 0.811. The van der Waals surface area contributed by atoms with Gasteiger partial charge in [-0.25, -0.2) is 0 Å². The van der Waals surface area contributed by atoms with E-state index in [9.17, 15) is 5.11 Å². The van der Waals surface area contributed by atoms with Crippen molar-refractivity contribution in [1.82, 2.24) is 15.1 Å². The third kappa shape index (κ3) is 3.78. The smallest absolute Gasteiger partial charge is 0.184 e. The number of aliphatic hydroxyl groups excluding tert-OH is 1. The maximum Gasteiger partial charge on any atom is 0.184 e. The first kappa shape index (κ1) is 17.9. The number of hydrogen-bond donors (Lipinski definition) is 3. The molecule has 0 aliphatic carbocycles. The number of benzene rings is 2. The molecule has 3 N–H and O–H groups in total. The van der Waals surface area contributed by atoms with Crippen molar-refractivity contribution in [3.63, 3.8) is 0 Å². The molecule has 3 aromatic rings. The summed E-state index contributed by atoms with van der Waals surface area (Å²) in [5.41, 5.74) is 4.94. The summed E-state index contributed by atoms with van der Waals surface area (Å²) in [4.78, 5) is 1.98. The molecule has 0 saturated heterocycles. The predicted molar refractivity (Wildman–Crippen MR) is 106 cm³/mol. The first-order chi connectivity index (χ1) is 13.1. The largest absolute Gasteiger partial charge is 0.497 e. The van der Waals surface area contributed by atoms with Gasteiger partial charge in [0, 0.05) is 47.0 Å². The van der Waals surface area contributed by atoms with Crippen LogP contribution >= 0.6 is 11.6 Å². The van der Waals surface area contributed by atoms with Crippen molar-refractivity contribution < 1.29 is 9.84 Å². The summed E-state index contributed by atoms with van der Waals surface area (Å²) in [6.07, 6.45) is -0.0116. The van der Waals surface area contributed by atoms with Crippen LogP contribution in [0.25, 0.3) is 11.3 Å². The van der Waals surface area contributed by atoms with Gasteiger partial charge in [0.2, 0.25) is 0 Å². The van der Waals surface area contributed by atoms with Gasteiger partial charge in [0.15, 0.2) is 6.35 Å². The molecule has 0 amide bonds. The van der Waals surface area contributed by atoms with Gasteiger partial charge in [0.05, 0.1) is 12.8 Å². The fourth-order valence-corrected chi connectivity index (χ4v) is 3.52. The second-order valence-electron chi connectivity index (χ2n) is 6.51. The Morgan fingerprint density at radius 1 is 1.26 bits per heavy atom. The molecule has 1 aromatic heterocycles. The lowest BCUT2D eigenvalue weighted by molar-refractivity contribution is 0.0164. The van der Waals surface area contributed by atoms with Crippen molar-refractivity contribution in [3.05, 3.63) is 64.8 Å². The van der Waals surface area contributed by atoms with E-state index in [1.165, 1.54) is 0 Å². The summed E-state index contributed by atoms with van der Waals surface area (Å²) >= 11 is 6.02. The number of nitrogens with one attached hydrogen (secondary N) is 2.